The maximum Gasteiger partial charge on any atom is 0.270 e. The summed E-state index contributed by atoms with van der Waals surface area (Å²) in [5, 5.41) is 3.08. The quantitative estimate of drug-likeness (QED) is 0.755. The van der Waals surface area contributed by atoms with Crippen molar-refractivity contribution in [1.82, 2.24) is 15.2 Å². The molecule has 0 radical (unpaired) electrons. The van der Waals surface area contributed by atoms with E-state index in [1.54, 1.807) is 18.3 Å². The van der Waals surface area contributed by atoms with Gasteiger partial charge in [0.05, 0.1) is 12.8 Å². The fourth-order valence-electron chi connectivity index (χ4n) is 2.68. The number of anilines is 1. The Bertz CT molecular complexity index is 473. The van der Waals surface area contributed by atoms with Crippen LogP contribution in [0.15, 0.2) is 18.3 Å². The highest BCUT2D eigenvalue weighted by molar-refractivity contribution is 5.93. The highest BCUT2D eigenvalue weighted by Crippen LogP contribution is 2.13. The third-order valence-electron chi connectivity index (χ3n) is 3.96. The zero-order chi connectivity index (χ0) is 15.8. The van der Waals surface area contributed by atoms with Gasteiger partial charge in [-0.3, -0.25) is 20.1 Å². The van der Waals surface area contributed by atoms with Crippen molar-refractivity contribution < 1.29 is 9.63 Å². The van der Waals surface area contributed by atoms with Crippen LogP contribution < -0.4 is 10.8 Å². The molecule has 1 aliphatic heterocycles. The Hall–Kier alpha value is -1.66. The molecule has 0 unspecified atom stereocenters. The van der Waals surface area contributed by atoms with Crippen LogP contribution in [0, 0.1) is 0 Å². The third kappa shape index (κ3) is 4.96. The van der Waals surface area contributed by atoms with Gasteiger partial charge < -0.3 is 10.2 Å². The largest absolute Gasteiger partial charge is 0.348 e. The van der Waals surface area contributed by atoms with Crippen LogP contribution in [0.25, 0.3) is 0 Å². The maximum atomic E-state index is 12.3. The van der Waals surface area contributed by atoms with Crippen LogP contribution in [0.5, 0.6) is 0 Å². The third-order valence-corrected chi connectivity index (χ3v) is 3.96. The van der Waals surface area contributed by atoms with Gasteiger partial charge in [0, 0.05) is 25.3 Å². The molecule has 0 aliphatic carbocycles. The predicted molar refractivity (Wildman–Crippen MR) is 86.7 cm³/mol. The van der Waals surface area contributed by atoms with E-state index in [1.807, 2.05) is 0 Å². The first-order valence-electron chi connectivity index (χ1n) is 8.01. The number of aromatic nitrogens is 1. The number of hydrogen-bond donors (Lipinski definition) is 2. The lowest BCUT2D eigenvalue weighted by atomic mass is 10.0. The smallest absolute Gasteiger partial charge is 0.270 e. The van der Waals surface area contributed by atoms with Gasteiger partial charge in [0.15, 0.2) is 0 Å². The minimum atomic E-state index is -0.119. The number of nitrogens with one attached hydrogen (secondary N) is 2. The summed E-state index contributed by atoms with van der Waals surface area (Å²) in [6.07, 6.45) is 6.09. The van der Waals surface area contributed by atoms with Gasteiger partial charge in [0.1, 0.15) is 5.69 Å². The highest BCUT2D eigenvalue weighted by Gasteiger charge is 2.21. The molecular weight excluding hydrogens is 280 g/mol. The number of nitrogens with zero attached hydrogens (tertiary/aromatic N) is 2. The van der Waals surface area contributed by atoms with Gasteiger partial charge in [-0.25, -0.2) is 0 Å². The lowest BCUT2D eigenvalue weighted by Crippen LogP contribution is -2.45. The molecule has 1 fully saturated rings. The number of carbonyl (C=O) groups is 1. The summed E-state index contributed by atoms with van der Waals surface area (Å²) in [4.78, 5) is 23.7. The van der Waals surface area contributed by atoms with E-state index in [-0.39, 0.29) is 11.9 Å². The zero-order valence-corrected chi connectivity index (χ0v) is 13.5. The average molecular weight is 306 g/mol. The molecular formula is C16H26N4O2. The van der Waals surface area contributed by atoms with Crippen LogP contribution in [0.3, 0.4) is 0 Å². The maximum absolute atomic E-state index is 12.3. The van der Waals surface area contributed by atoms with Gasteiger partial charge in [-0.2, -0.15) is 0 Å². The van der Waals surface area contributed by atoms with E-state index in [2.05, 4.69) is 27.6 Å². The van der Waals surface area contributed by atoms with Crippen molar-refractivity contribution in [2.45, 2.75) is 38.6 Å². The van der Waals surface area contributed by atoms with Crippen LogP contribution >= 0.6 is 0 Å². The standard InChI is InChI=1S/C16H26N4O2/c1-3-4-9-20-10-6-13(7-11-20)18-16(21)15-12-14(19-22-2)5-8-17-15/h5,8,12-13H,3-4,6-7,9-11H2,1-2H3,(H,17,19)(H,18,21). The minimum absolute atomic E-state index is 0.119. The average Bonchev–Trinajstić information content (AvgIpc) is 2.55. The first-order chi connectivity index (χ1) is 10.7. The Morgan fingerprint density at radius 1 is 1.45 bits per heavy atom. The number of hydrogen-bond acceptors (Lipinski definition) is 5. The molecule has 1 aromatic rings. The second-order valence-electron chi connectivity index (χ2n) is 5.68. The fraction of sp³-hybridized carbons (Fsp3) is 0.625. The summed E-state index contributed by atoms with van der Waals surface area (Å²) in [5.74, 6) is -0.119. The molecule has 2 heterocycles. The Kier molecular flexibility index (Phi) is 6.61. The molecule has 0 atom stereocenters. The van der Waals surface area contributed by atoms with Crippen LogP contribution in [0.2, 0.25) is 0 Å². The van der Waals surface area contributed by atoms with Crippen molar-refractivity contribution in [3.05, 3.63) is 24.0 Å². The van der Waals surface area contributed by atoms with E-state index >= 15 is 0 Å². The second kappa shape index (κ2) is 8.70. The van der Waals surface area contributed by atoms with E-state index in [0.717, 1.165) is 31.6 Å². The molecule has 22 heavy (non-hydrogen) atoms. The molecule has 1 aromatic heterocycles. The van der Waals surface area contributed by atoms with Crippen molar-refractivity contribution in [3.63, 3.8) is 0 Å². The first-order valence-corrected chi connectivity index (χ1v) is 8.01. The van der Waals surface area contributed by atoms with E-state index in [0.29, 0.717) is 5.69 Å². The summed E-state index contributed by atoms with van der Waals surface area (Å²) < 4.78 is 0. The Morgan fingerprint density at radius 2 is 2.23 bits per heavy atom. The number of unbranched alkanes of at least 4 members (excludes halogenated alkanes) is 1. The number of carbonyl (C=O) groups excluding carboxylic acids is 1. The summed E-state index contributed by atoms with van der Waals surface area (Å²) in [6, 6.07) is 3.69. The number of piperidine rings is 1. The van der Waals surface area contributed by atoms with Crippen LogP contribution in [-0.4, -0.2) is 48.6 Å². The Balaban J connectivity index is 1.81. The minimum Gasteiger partial charge on any atom is -0.348 e. The molecule has 1 saturated heterocycles. The fourth-order valence-corrected chi connectivity index (χ4v) is 2.68. The summed E-state index contributed by atoms with van der Waals surface area (Å²) in [6.45, 7) is 5.50. The van der Waals surface area contributed by atoms with Gasteiger partial charge >= 0.3 is 0 Å². The lowest BCUT2D eigenvalue weighted by molar-refractivity contribution is 0.0905. The SMILES string of the molecule is CCCCN1CCC(NC(=O)c2cc(NOC)ccn2)CC1. The number of pyridine rings is 1. The molecule has 122 valence electrons. The summed E-state index contributed by atoms with van der Waals surface area (Å²) in [5.41, 5.74) is 3.84. The van der Waals surface area contributed by atoms with Gasteiger partial charge in [-0.05, 0) is 37.9 Å². The lowest BCUT2D eigenvalue weighted by Gasteiger charge is -2.32. The van der Waals surface area contributed by atoms with Crippen LogP contribution in [-0.2, 0) is 4.84 Å². The molecule has 0 aromatic carbocycles. The molecule has 2 rings (SSSR count). The molecule has 2 N–H and O–H groups in total. The predicted octanol–water partition coefficient (Wildman–Crippen LogP) is 2.05. The zero-order valence-electron chi connectivity index (χ0n) is 13.5. The van der Waals surface area contributed by atoms with E-state index < -0.39 is 0 Å². The van der Waals surface area contributed by atoms with Crippen LogP contribution in [0.1, 0.15) is 43.1 Å². The van der Waals surface area contributed by atoms with Crippen molar-refractivity contribution in [2.75, 3.05) is 32.2 Å². The topological polar surface area (TPSA) is 66.5 Å². The number of rotatable bonds is 7. The van der Waals surface area contributed by atoms with Gasteiger partial charge in [0.25, 0.3) is 5.91 Å². The van der Waals surface area contributed by atoms with Crippen LogP contribution in [0.4, 0.5) is 5.69 Å². The Morgan fingerprint density at radius 3 is 2.91 bits per heavy atom. The molecule has 6 heteroatoms. The molecule has 1 amide bonds. The monoisotopic (exact) mass is 306 g/mol. The summed E-state index contributed by atoms with van der Waals surface area (Å²) in [7, 11) is 1.53. The van der Waals surface area contributed by atoms with Crippen molar-refractivity contribution in [1.29, 1.82) is 0 Å². The molecule has 0 spiro atoms. The van der Waals surface area contributed by atoms with Gasteiger partial charge in [-0.1, -0.05) is 13.3 Å². The van der Waals surface area contributed by atoms with Gasteiger partial charge in [-0.15, -0.1) is 0 Å². The van der Waals surface area contributed by atoms with E-state index in [1.165, 1.54) is 26.5 Å². The van der Waals surface area contributed by atoms with E-state index in [9.17, 15) is 4.79 Å². The van der Waals surface area contributed by atoms with Crippen molar-refractivity contribution in [3.8, 4) is 0 Å². The van der Waals surface area contributed by atoms with Gasteiger partial charge in [0.2, 0.25) is 0 Å². The second-order valence-corrected chi connectivity index (χ2v) is 5.68. The number of amides is 1. The normalized spacial score (nSPS) is 16.5. The molecule has 1 aliphatic rings. The number of likely N-dealkylation sites (tertiary alicyclic amines) is 1. The first kappa shape index (κ1) is 16.7. The molecule has 0 saturated carbocycles. The van der Waals surface area contributed by atoms with E-state index in [4.69, 9.17) is 4.84 Å². The summed E-state index contributed by atoms with van der Waals surface area (Å²) >= 11 is 0. The Labute approximate surface area is 132 Å². The highest BCUT2D eigenvalue weighted by atomic mass is 16.6. The van der Waals surface area contributed by atoms with Crippen molar-refractivity contribution in [2.24, 2.45) is 0 Å². The van der Waals surface area contributed by atoms with Crippen molar-refractivity contribution >= 4 is 11.6 Å². The molecule has 6 nitrogen and oxygen atoms in total. The molecule has 0 bridgehead atoms.